The number of halogens is 1. The van der Waals surface area contributed by atoms with Crippen molar-refractivity contribution in [2.75, 3.05) is 13.7 Å². The highest BCUT2D eigenvalue weighted by Gasteiger charge is 2.33. The van der Waals surface area contributed by atoms with E-state index in [1.54, 1.807) is 25.4 Å². The Hall–Kier alpha value is -2.27. The molecule has 0 radical (unpaired) electrons. The molecule has 0 spiro atoms. The first-order valence-electron chi connectivity index (χ1n) is 7.84. The third kappa shape index (κ3) is 4.17. The summed E-state index contributed by atoms with van der Waals surface area (Å²) in [6, 6.07) is 11.2. The number of nitrogens with zero attached hydrogens (tertiary/aromatic N) is 1. The van der Waals surface area contributed by atoms with Crippen LogP contribution in [0, 0.1) is 5.92 Å². The normalized spacial score (nSPS) is 14.8. The Morgan fingerprint density at radius 2 is 2.08 bits per heavy atom. The van der Waals surface area contributed by atoms with Gasteiger partial charge in [-0.3, -0.25) is 4.79 Å². The SMILES string of the molecule is COc1ccc([C@H](NC(=O)COc2cccnc2Cl)C2CC2)cc1. The van der Waals surface area contributed by atoms with Crippen molar-refractivity contribution in [3.63, 3.8) is 0 Å². The van der Waals surface area contributed by atoms with E-state index in [1.165, 1.54) is 0 Å². The molecular weight excluding hydrogens is 328 g/mol. The average Bonchev–Trinajstić information content (AvgIpc) is 3.44. The predicted molar refractivity (Wildman–Crippen MR) is 91.3 cm³/mol. The lowest BCUT2D eigenvalue weighted by Gasteiger charge is -2.19. The quantitative estimate of drug-likeness (QED) is 0.781. The summed E-state index contributed by atoms with van der Waals surface area (Å²) in [5.74, 6) is 1.50. The topological polar surface area (TPSA) is 60.5 Å². The first-order chi connectivity index (χ1) is 11.7. The zero-order chi connectivity index (χ0) is 16.9. The highest BCUT2D eigenvalue weighted by molar-refractivity contribution is 6.30. The van der Waals surface area contributed by atoms with Crippen molar-refractivity contribution in [1.29, 1.82) is 0 Å². The van der Waals surface area contributed by atoms with Crippen LogP contribution in [0.1, 0.15) is 24.4 Å². The van der Waals surface area contributed by atoms with Gasteiger partial charge in [-0.25, -0.2) is 4.98 Å². The number of carbonyl (C=O) groups is 1. The molecule has 126 valence electrons. The number of hydrogen-bond donors (Lipinski definition) is 1. The van der Waals surface area contributed by atoms with Gasteiger partial charge in [-0.15, -0.1) is 0 Å². The van der Waals surface area contributed by atoms with Gasteiger partial charge in [-0.05, 0) is 48.6 Å². The van der Waals surface area contributed by atoms with Gasteiger partial charge in [0.15, 0.2) is 17.5 Å². The summed E-state index contributed by atoms with van der Waals surface area (Å²) in [6.45, 7) is -0.0925. The van der Waals surface area contributed by atoms with Crippen molar-refractivity contribution in [2.24, 2.45) is 5.92 Å². The Kier molecular flexibility index (Phi) is 5.20. The molecule has 3 rings (SSSR count). The summed E-state index contributed by atoms with van der Waals surface area (Å²) in [7, 11) is 1.63. The molecule has 24 heavy (non-hydrogen) atoms. The summed E-state index contributed by atoms with van der Waals surface area (Å²) in [4.78, 5) is 16.2. The van der Waals surface area contributed by atoms with Gasteiger partial charge < -0.3 is 14.8 Å². The smallest absolute Gasteiger partial charge is 0.258 e. The molecule has 1 aromatic carbocycles. The monoisotopic (exact) mass is 346 g/mol. The highest BCUT2D eigenvalue weighted by atomic mass is 35.5. The lowest BCUT2D eigenvalue weighted by atomic mass is 10.0. The standard InChI is InChI=1S/C18H19ClN2O3/c1-23-14-8-6-13(7-9-14)17(12-4-5-12)21-16(22)11-24-15-3-2-10-20-18(15)19/h2-3,6-10,12,17H,4-5,11H2,1H3,(H,21,22)/t17-/m1/s1. The summed E-state index contributed by atoms with van der Waals surface area (Å²) in [5, 5.41) is 3.30. The molecule has 1 aromatic heterocycles. The summed E-state index contributed by atoms with van der Waals surface area (Å²) < 4.78 is 10.6. The van der Waals surface area contributed by atoms with Gasteiger partial charge in [0.2, 0.25) is 0 Å². The van der Waals surface area contributed by atoms with Crippen LogP contribution < -0.4 is 14.8 Å². The number of aromatic nitrogens is 1. The third-order valence-electron chi connectivity index (χ3n) is 3.97. The maximum atomic E-state index is 12.2. The second-order valence-corrected chi connectivity index (χ2v) is 6.09. The molecule has 2 aromatic rings. The van der Waals surface area contributed by atoms with E-state index in [0.717, 1.165) is 24.2 Å². The molecular formula is C18H19ClN2O3. The van der Waals surface area contributed by atoms with Crippen LogP contribution in [0.25, 0.3) is 0 Å². The van der Waals surface area contributed by atoms with Crippen LogP contribution in [0.4, 0.5) is 0 Å². The Labute approximate surface area is 145 Å². The number of methoxy groups -OCH3 is 1. The second kappa shape index (κ2) is 7.53. The summed E-state index contributed by atoms with van der Waals surface area (Å²) in [6.07, 6.45) is 3.81. The second-order valence-electron chi connectivity index (χ2n) is 5.74. The van der Waals surface area contributed by atoms with Gasteiger partial charge in [-0.1, -0.05) is 23.7 Å². The molecule has 1 N–H and O–H groups in total. The number of ether oxygens (including phenoxy) is 2. The lowest BCUT2D eigenvalue weighted by molar-refractivity contribution is -0.124. The summed E-state index contributed by atoms with van der Waals surface area (Å²) in [5.41, 5.74) is 1.08. The van der Waals surface area contributed by atoms with Crippen LogP contribution in [0.15, 0.2) is 42.6 Å². The van der Waals surface area contributed by atoms with Crippen molar-refractivity contribution >= 4 is 17.5 Å². The number of amides is 1. The molecule has 1 fully saturated rings. The van der Waals surface area contributed by atoms with Crippen LogP contribution in [0.5, 0.6) is 11.5 Å². The highest BCUT2D eigenvalue weighted by Crippen LogP contribution is 2.41. The minimum absolute atomic E-state index is 0.00336. The van der Waals surface area contributed by atoms with Crippen molar-refractivity contribution < 1.29 is 14.3 Å². The molecule has 1 amide bonds. The van der Waals surface area contributed by atoms with E-state index in [0.29, 0.717) is 11.7 Å². The van der Waals surface area contributed by atoms with Gasteiger partial charge in [0.1, 0.15) is 5.75 Å². The van der Waals surface area contributed by atoms with Crippen LogP contribution in [0.3, 0.4) is 0 Å². The van der Waals surface area contributed by atoms with E-state index in [2.05, 4.69) is 10.3 Å². The third-order valence-corrected chi connectivity index (χ3v) is 4.25. The van der Waals surface area contributed by atoms with Crippen LogP contribution >= 0.6 is 11.6 Å². The Bertz CT molecular complexity index is 702. The van der Waals surface area contributed by atoms with E-state index >= 15 is 0 Å². The van der Waals surface area contributed by atoms with Gasteiger partial charge in [0.25, 0.3) is 5.91 Å². The molecule has 0 unspecified atom stereocenters. The minimum atomic E-state index is -0.178. The number of benzene rings is 1. The van der Waals surface area contributed by atoms with E-state index in [1.807, 2.05) is 24.3 Å². The number of carbonyl (C=O) groups excluding carboxylic acids is 1. The molecule has 0 saturated heterocycles. The van der Waals surface area contributed by atoms with Crippen LogP contribution in [0.2, 0.25) is 5.15 Å². The fraction of sp³-hybridized carbons (Fsp3) is 0.333. The van der Waals surface area contributed by atoms with E-state index in [9.17, 15) is 4.79 Å². The molecule has 1 aliphatic carbocycles. The van der Waals surface area contributed by atoms with Gasteiger partial charge in [0, 0.05) is 6.20 Å². The van der Waals surface area contributed by atoms with E-state index in [-0.39, 0.29) is 23.7 Å². The molecule has 1 heterocycles. The average molecular weight is 347 g/mol. The maximum Gasteiger partial charge on any atom is 0.258 e. The van der Waals surface area contributed by atoms with Gasteiger partial charge >= 0.3 is 0 Å². The molecule has 1 atom stereocenters. The van der Waals surface area contributed by atoms with Gasteiger partial charge in [-0.2, -0.15) is 0 Å². The number of nitrogens with one attached hydrogen (secondary N) is 1. The zero-order valence-corrected chi connectivity index (χ0v) is 14.1. The molecule has 6 heteroatoms. The minimum Gasteiger partial charge on any atom is -0.497 e. The van der Waals surface area contributed by atoms with Crippen LogP contribution in [-0.4, -0.2) is 24.6 Å². The van der Waals surface area contributed by atoms with E-state index < -0.39 is 0 Å². The lowest BCUT2D eigenvalue weighted by Crippen LogP contribution is -2.33. The van der Waals surface area contributed by atoms with Crippen molar-refractivity contribution in [3.05, 3.63) is 53.3 Å². The fourth-order valence-corrected chi connectivity index (χ4v) is 2.73. The first kappa shape index (κ1) is 16.6. The fourth-order valence-electron chi connectivity index (χ4n) is 2.55. The number of hydrogen-bond acceptors (Lipinski definition) is 4. The first-order valence-corrected chi connectivity index (χ1v) is 8.22. The largest absolute Gasteiger partial charge is 0.497 e. The van der Waals surface area contributed by atoms with Crippen molar-refractivity contribution in [1.82, 2.24) is 10.3 Å². The van der Waals surface area contributed by atoms with Crippen molar-refractivity contribution in [2.45, 2.75) is 18.9 Å². The van der Waals surface area contributed by atoms with E-state index in [4.69, 9.17) is 21.1 Å². The molecule has 0 bridgehead atoms. The molecule has 0 aliphatic heterocycles. The Morgan fingerprint density at radius 3 is 2.71 bits per heavy atom. The number of rotatable bonds is 7. The maximum absolute atomic E-state index is 12.2. The molecule has 1 aliphatic rings. The van der Waals surface area contributed by atoms with Crippen LogP contribution in [-0.2, 0) is 4.79 Å². The molecule has 5 nitrogen and oxygen atoms in total. The summed E-state index contributed by atoms with van der Waals surface area (Å²) >= 11 is 5.92. The zero-order valence-electron chi connectivity index (χ0n) is 13.4. The van der Waals surface area contributed by atoms with Gasteiger partial charge in [0.05, 0.1) is 13.2 Å². The predicted octanol–water partition coefficient (Wildman–Crippen LogP) is 3.39. The van der Waals surface area contributed by atoms with Crippen molar-refractivity contribution in [3.8, 4) is 11.5 Å². The molecule has 1 saturated carbocycles. The Balaban J connectivity index is 1.61. The number of pyridine rings is 1. The Morgan fingerprint density at radius 1 is 1.33 bits per heavy atom.